The van der Waals surface area contributed by atoms with Crippen molar-refractivity contribution in [3.05, 3.63) is 47.8 Å². The third kappa shape index (κ3) is 3.56. The van der Waals surface area contributed by atoms with Crippen molar-refractivity contribution in [3.63, 3.8) is 0 Å². The predicted octanol–water partition coefficient (Wildman–Crippen LogP) is 3.81. The van der Waals surface area contributed by atoms with Gasteiger partial charge in [-0.25, -0.2) is 4.39 Å². The van der Waals surface area contributed by atoms with Crippen molar-refractivity contribution in [2.24, 2.45) is 5.73 Å². The Balaban J connectivity index is 3.02. The van der Waals surface area contributed by atoms with E-state index in [-0.39, 0.29) is 5.56 Å². The van der Waals surface area contributed by atoms with Crippen LogP contribution in [0.4, 0.5) is 17.6 Å². The summed E-state index contributed by atoms with van der Waals surface area (Å²) >= 11 is 0. The van der Waals surface area contributed by atoms with E-state index in [4.69, 9.17) is 5.73 Å². The Morgan fingerprint density at radius 2 is 2.00 bits per heavy atom. The van der Waals surface area contributed by atoms with Gasteiger partial charge in [0.05, 0.1) is 5.56 Å². The average molecular weight is 247 g/mol. The molecule has 0 unspecified atom stereocenters. The quantitative estimate of drug-likeness (QED) is 0.635. The molecule has 1 aromatic carbocycles. The Kier molecular flexibility index (Phi) is 4.28. The predicted molar refractivity (Wildman–Crippen MR) is 57.8 cm³/mol. The van der Waals surface area contributed by atoms with E-state index in [0.717, 1.165) is 12.1 Å². The van der Waals surface area contributed by atoms with Gasteiger partial charge >= 0.3 is 6.18 Å². The fourth-order valence-electron chi connectivity index (χ4n) is 1.46. The number of hydrogen-bond donors (Lipinski definition) is 1. The highest BCUT2D eigenvalue weighted by atomic mass is 19.4. The van der Waals surface area contributed by atoms with Crippen LogP contribution in [0, 0.1) is 5.82 Å². The number of alkyl halides is 3. The van der Waals surface area contributed by atoms with E-state index in [9.17, 15) is 17.6 Å². The summed E-state index contributed by atoms with van der Waals surface area (Å²) in [5, 5.41) is 0. The van der Waals surface area contributed by atoms with Crippen molar-refractivity contribution < 1.29 is 17.6 Å². The summed E-state index contributed by atoms with van der Waals surface area (Å²) in [4.78, 5) is 0. The molecule has 0 radical (unpaired) electrons. The summed E-state index contributed by atoms with van der Waals surface area (Å²) in [5.41, 5.74) is 4.64. The molecule has 1 rings (SSSR count). The molecule has 0 fully saturated rings. The number of allylic oxidation sites excluding steroid dienone is 1. The van der Waals surface area contributed by atoms with Crippen LogP contribution in [-0.4, -0.2) is 0 Å². The highest BCUT2D eigenvalue weighted by Gasteiger charge is 2.31. The number of halogens is 4. The van der Waals surface area contributed by atoms with Crippen LogP contribution in [0.1, 0.15) is 30.0 Å². The van der Waals surface area contributed by atoms with Crippen LogP contribution < -0.4 is 5.73 Å². The maximum absolute atomic E-state index is 13.4. The SMILES string of the molecule is C=CCC[C@@H](N)c1cc(C(F)(F)F)ccc1F. The van der Waals surface area contributed by atoms with Crippen molar-refractivity contribution >= 4 is 0 Å². The summed E-state index contributed by atoms with van der Waals surface area (Å²) < 4.78 is 50.7. The molecule has 0 saturated carbocycles. The summed E-state index contributed by atoms with van der Waals surface area (Å²) in [6.07, 6.45) is -2.01. The molecule has 0 aliphatic heterocycles. The van der Waals surface area contributed by atoms with Crippen LogP contribution in [0.2, 0.25) is 0 Å². The lowest BCUT2D eigenvalue weighted by molar-refractivity contribution is -0.137. The molecule has 5 heteroatoms. The molecule has 0 aromatic heterocycles. The molecule has 0 aliphatic rings. The molecule has 17 heavy (non-hydrogen) atoms. The summed E-state index contributed by atoms with van der Waals surface area (Å²) in [5.74, 6) is -0.713. The van der Waals surface area contributed by atoms with Gasteiger partial charge in [0.2, 0.25) is 0 Å². The number of nitrogens with two attached hydrogens (primary N) is 1. The normalized spacial score (nSPS) is 13.5. The Morgan fingerprint density at radius 3 is 2.53 bits per heavy atom. The maximum Gasteiger partial charge on any atom is 0.416 e. The highest BCUT2D eigenvalue weighted by Crippen LogP contribution is 2.32. The Labute approximate surface area is 96.9 Å². The van der Waals surface area contributed by atoms with E-state index in [0.29, 0.717) is 18.9 Å². The fourth-order valence-corrected chi connectivity index (χ4v) is 1.46. The van der Waals surface area contributed by atoms with Gasteiger partial charge in [0, 0.05) is 11.6 Å². The zero-order valence-electron chi connectivity index (χ0n) is 9.10. The number of hydrogen-bond acceptors (Lipinski definition) is 1. The van der Waals surface area contributed by atoms with Crippen LogP contribution >= 0.6 is 0 Å². The second-order valence-corrected chi connectivity index (χ2v) is 3.71. The lowest BCUT2D eigenvalue weighted by atomic mass is 10.00. The largest absolute Gasteiger partial charge is 0.416 e. The molecule has 1 nitrogen and oxygen atoms in total. The maximum atomic E-state index is 13.4. The molecule has 0 saturated heterocycles. The lowest BCUT2D eigenvalue weighted by Crippen LogP contribution is -2.14. The van der Waals surface area contributed by atoms with Crippen molar-refractivity contribution in [1.29, 1.82) is 0 Å². The van der Waals surface area contributed by atoms with E-state index in [2.05, 4.69) is 6.58 Å². The van der Waals surface area contributed by atoms with Gasteiger partial charge < -0.3 is 5.73 Å². The number of rotatable bonds is 4. The smallest absolute Gasteiger partial charge is 0.324 e. The van der Waals surface area contributed by atoms with Gasteiger partial charge in [-0.2, -0.15) is 13.2 Å². The fraction of sp³-hybridized carbons (Fsp3) is 0.333. The second-order valence-electron chi connectivity index (χ2n) is 3.71. The number of benzene rings is 1. The topological polar surface area (TPSA) is 26.0 Å². The molecule has 2 N–H and O–H groups in total. The first-order valence-corrected chi connectivity index (χ1v) is 5.09. The highest BCUT2D eigenvalue weighted by molar-refractivity contribution is 5.29. The second kappa shape index (κ2) is 5.31. The summed E-state index contributed by atoms with van der Waals surface area (Å²) in [7, 11) is 0. The molecular formula is C12H13F4N. The minimum atomic E-state index is -4.49. The van der Waals surface area contributed by atoms with Gasteiger partial charge in [-0.15, -0.1) is 6.58 Å². The van der Waals surface area contributed by atoms with Crippen LogP contribution in [-0.2, 0) is 6.18 Å². The molecule has 0 heterocycles. The van der Waals surface area contributed by atoms with Gasteiger partial charge in [-0.05, 0) is 31.0 Å². The average Bonchev–Trinajstić information content (AvgIpc) is 2.24. The minimum absolute atomic E-state index is 0.110. The van der Waals surface area contributed by atoms with E-state index in [1.54, 1.807) is 6.08 Å². The monoisotopic (exact) mass is 247 g/mol. The summed E-state index contributed by atoms with van der Waals surface area (Å²) in [6.45, 7) is 3.48. The van der Waals surface area contributed by atoms with Crippen molar-refractivity contribution in [3.8, 4) is 0 Å². The zero-order chi connectivity index (χ0) is 13.1. The summed E-state index contributed by atoms with van der Waals surface area (Å²) in [6, 6.07) is 1.52. The first-order valence-electron chi connectivity index (χ1n) is 5.09. The van der Waals surface area contributed by atoms with Crippen molar-refractivity contribution in [2.45, 2.75) is 25.1 Å². The molecule has 1 aromatic rings. The Hall–Kier alpha value is -1.36. The van der Waals surface area contributed by atoms with Crippen molar-refractivity contribution in [2.75, 3.05) is 0 Å². The molecule has 0 amide bonds. The van der Waals surface area contributed by atoms with Gasteiger partial charge in [0.15, 0.2) is 0 Å². The van der Waals surface area contributed by atoms with E-state index in [1.807, 2.05) is 0 Å². The van der Waals surface area contributed by atoms with Gasteiger partial charge in [-0.1, -0.05) is 6.08 Å². The van der Waals surface area contributed by atoms with Crippen LogP contribution in [0.5, 0.6) is 0 Å². The standard InChI is InChI=1S/C12H13F4N/c1-2-3-4-11(17)9-7-8(12(14,15)16)5-6-10(9)13/h2,5-7,11H,1,3-4,17H2/t11-/m1/s1. The molecular weight excluding hydrogens is 234 g/mol. The molecule has 0 aliphatic carbocycles. The third-order valence-corrected chi connectivity index (χ3v) is 2.40. The van der Waals surface area contributed by atoms with E-state index < -0.39 is 23.6 Å². The molecule has 1 atom stereocenters. The van der Waals surface area contributed by atoms with Crippen LogP contribution in [0.25, 0.3) is 0 Å². The Bertz CT molecular complexity index is 398. The molecule has 0 bridgehead atoms. The first-order chi connectivity index (χ1) is 7.86. The Morgan fingerprint density at radius 1 is 1.35 bits per heavy atom. The van der Waals surface area contributed by atoms with Crippen molar-refractivity contribution in [1.82, 2.24) is 0 Å². The third-order valence-electron chi connectivity index (χ3n) is 2.40. The van der Waals surface area contributed by atoms with E-state index >= 15 is 0 Å². The van der Waals surface area contributed by atoms with Crippen LogP contribution in [0.15, 0.2) is 30.9 Å². The van der Waals surface area contributed by atoms with Gasteiger partial charge in [-0.3, -0.25) is 0 Å². The van der Waals surface area contributed by atoms with Crippen LogP contribution in [0.3, 0.4) is 0 Å². The molecule has 94 valence electrons. The van der Waals surface area contributed by atoms with Gasteiger partial charge in [0.1, 0.15) is 5.82 Å². The van der Waals surface area contributed by atoms with Gasteiger partial charge in [0.25, 0.3) is 0 Å². The zero-order valence-corrected chi connectivity index (χ0v) is 9.10. The van der Waals surface area contributed by atoms with E-state index in [1.165, 1.54) is 0 Å². The lowest BCUT2D eigenvalue weighted by Gasteiger charge is -2.14. The first kappa shape index (κ1) is 13.7. The minimum Gasteiger partial charge on any atom is -0.324 e. The molecule has 0 spiro atoms.